The Morgan fingerprint density at radius 2 is 2.27 bits per heavy atom. The van der Waals surface area contributed by atoms with Crippen LogP contribution in [0.5, 0.6) is 0 Å². The van der Waals surface area contributed by atoms with E-state index in [9.17, 15) is 4.79 Å². The molecule has 0 aliphatic rings. The summed E-state index contributed by atoms with van der Waals surface area (Å²) in [7, 11) is 0. The van der Waals surface area contributed by atoms with E-state index in [1.165, 1.54) is 17.4 Å². The molecule has 0 aromatic carbocycles. The van der Waals surface area contributed by atoms with E-state index in [0.717, 1.165) is 9.61 Å². The summed E-state index contributed by atoms with van der Waals surface area (Å²) in [6.45, 7) is 5.49. The number of ether oxygens (including phenoxy) is 1. The van der Waals surface area contributed by atoms with Gasteiger partial charge in [0.05, 0.1) is 5.69 Å². The topological polar surface area (TPSA) is 39.2 Å². The van der Waals surface area contributed by atoms with Crippen LogP contribution in [0.2, 0.25) is 0 Å². The molecule has 1 aromatic rings. The Hall–Kier alpha value is -0.680. The van der Waals surface area contributed by atoms with E-state index in [1.54, 1.807) is 6.08 Å². The predicted octanol–water partition coefficient (Wildman–Crippen LogP) is 3.26. The second-order valence-electron chi connectivity index (χ2n) is 3.89. The fraction of sp³-hybridized carbons (Fsp3) is 0.400. The van der Waals surface area contributed by atoms with Gasteiger partial charge in [0.15, 0.2) is 3.92 Å². The lowest BCUT2D eigenvalue weighted by atomic mass is 10.2. The van der Waals surface area contributed by atoms with Crippen LogP contribution < -0.4 is 0 Å². The summed E-state index contributed by atoms with van der Waals surface area (Å²) in [5.41, 5.74) is 0.294. The van der Waals surface area contributed by atoms with Gasteiger partial charge >= 0.3 is 5.97 Å². The largest absolute Gasteiger partial charge is 0.457 e. The quantitative estimate of drug-likeness (QED) is 0.620. The smallest absolute Gasteiger partial charge is 0.331 e. The number of nitrogens with zero attached hydrogens (tertiary/aromatic N) is 1. The molecular formula is C10H12BrNO2S. The van der Waals surface area contributed by atoms with Crippen LogP contribution in [-0.2, 0) is 9.53 Å². The second kappa shape index (κ2) is 4.90. The molecule has 5 heteroatoms. The third-order valence-corrected chi connectivity index (χ3v) is 2.67. The highest BCUT2D eigenvalue weighted by atomic mass is 79.9. The molecule has 0 saturated carbocycles. The number of rotatable bonds is 2. The first kappa shape index (κ1) is 12.4. The van der Waals surface area contributed by atoms with Crippen molar-refractivity contribution in [2.24, 2.45) is 0 Å². The number of hydrogen-bond donors (Lipinski definition) is 0. The Morgan fingerprint density at radius 3 is 2.73 bits per heavy atom. The van der Waals surface area contributed by atoms with Gasteiger partial charge in [0, 0.05) is 11.5 Å². The lowest BCUT2D eigenvalue weighted by Gasteiger charge is -2.17. The van der Waals surface area contributed by atoms with Crippen molar-refractivity contribution in [2.75, 3.05) is 0 Å². The van der Waals surface area contributed by atoms with Crippen molar-refractivity contribution in [3.63, 3.8) is 0 Å². The van der Waals surface area contributed by atoms with Gasteiger partial charge in [-0.05, 0) is 42.8 Å². The zero-order valence-corrected chi connectivity index (χ0v) is 11.2. The fourth-order valence-electron chi connectivity index (χ4n) is 0.829. The molecule has 1 heterocycles. The minimum Gasteiger partial charge on any atom is -0.457 e. The molecular weight excluding hydrogens is 278 g/mol. The molecule has 0 bridgehead atoms. The van der Waals surface area contributed by atoms with Crippen molar-refractivity contribution in [2.45, 2.75) is 26.4 Å². The molecule has 0 unspecified atom stereocenters. The number of halogens is 1. The molecule has 0 atom stereocenters. The first-order valence-corrected chi connectivity index (χ1v) is 6.06. The second-order valence-corrected chi connectivity index (χ2v) is 6.03. The highest BCUT2D eigenvalue weighted by molar-refractivity contribution is 9.11. The van der Waals surface area contributed by atoms with Crippen LogP contribution in [0.3, 0.4) is 0 Å². The Balaban J connectivity index is 2.55. The molecule has 0 amide bonds. The predicted molar refractivity (Wildman–Crippen MR) is 64.7 cm³/mol. The Labute approximate surface area is 101 Å². The Morgan fingerprint density at radius 1 is 1.60 bits per heavy atom. The van der Waals surface area contributed by atoms with Gasteiger partial charge < -0.3 is 4.74 Å². The molecule has 82 valence electrons. The molecule has 0 N–H and O–H groups in total. The molecule has 0 aliphatic carbocycles. The third-order valence-electron chi connectivity index (χ3n) is 1.29. The van der Waals surface area contributed by atoms with E-state index < -0.39 is 5.60 Å². The third kappa shape index (κ3) is 5.09. The van der Waals surface area contributed by atoms with Crippen LogP contribution in [-0.4, -0.2) is 16.6 Å². The molecule has 0 saturated heterocycles. The molecule has 0 radical (unpaired) electrons. The summed E-state index contributed by atoms with van der Waals surface area (Å²) < 4.78 is 5.90. The van der Waals surface area contributed by atoms with E-state index in [1.807, 2.05) is 26.2 Å². The summed E-state index contributed by atoms with van der Waals surface area (Å²) in [6, 6.07) is 0. The number of thiazole rings is 1. The number of hydrogen-bond acceptors (Lipinski definition) is 4. The number of carbonyl (C=O) groups is 1. The first-order chi connectivity index (χ1) is 6.87. The highest BCUT2D eigenvalue weighted by Crippen LogP contribution is 2.17. The van der Waals surface area contributed by atoms with Crippen LogP contribution >= 0.6 is 27.3 Å². The normalized spacial score (nSPS) is 12.0. The summed E-state index contributed by atoms with van der Waals surface area (Å²) >= 11 is 4.72. The number of carbonyl (C=O) groups excluding carboxylic acids is 1. The van der Waals surface area contributed by atoms with Crippen molar-refractivity contribution < 1.29 is 9.53 Å². The zero-order valence-electron chi connectivity index (χ0n) is 8.78. The summed E-state index contributed by atoms with van der Waals surface area (Å²) in [4.78, 5) is 15.4. The van der Waals surface area contributed by atoms with Gasteiger partial charge in [-0.15, -0.1) is 11.3 Å². The minimum atomic E-state index is -0.454. The summed E-state index contributed by atoms with van der Waals surface area (Å²) in [6.07, 6.45) is 3.02. The van der Waals surface area contributed by atoms with Crippen LogP contribution in [0.1, 0.15) is 26.5 Å². The van der Waals surface area contributed by atoms with Crippen molar-refractivity contribution in [1.29, 1.82) is 0 Å². The van der Waals surface area contributed by atoms with Crippen LogP contribution in [0.15, 0.2) is 15.4 Å². The van der Waals surface area contributed by atoms with Crippen molar-refractivity contribution in [1.82, 2.24) is 4.98 Å². The zero-order chi connectivity index (χ0) is 11.5. The molecule has 1 aromatic heterocycles. The highest BCUT2D eigenvalue weighted by Gasteiger charge is 2.13. The lowest BCUT2D eigenvalue weighted by molar-refractivity contribution is -0.148. The van der Waals surface area contributed by atoms with Gasteiger partial charge in [-0.2, -0.15) is 0 Å². The van der Waals surface area contributed by atoms with E-state index >= 15 is 0 Å². The van der Waals surface area contributed by atoms with Crippen LogP contribution in [0, 0.1) is 0 Å². The standard InChI is InChI=1S/C10H12BrNO2S/c1-10(2,3)14-8(13)5-4-7-6-15-9(11)12-7/h4-6H,1-3H3/b5-4+. The Kier molecular flexibility index (Phi) is 4.04. The first-order valence-electron chi connectivity index (χ1n) is 4.39. The summed E-state index contributed by atoms with van der Waals surface area (Å²) in [5.74, 6) is -0.355. The van der Waals surface area contributed by atoms with Crippen molar-refractivity contribution in [3.8, 4) is 0 Å². The molecule has 0 aliphatic heterocycles. The van der Waals surface area contributed by atoms with Crippen molar-refractivity contribution >= 4 is 39.3 Å². The molecule has 0 spiro atoms. The molecule has 15 heavy (non-hydrogen) atoms. The van der Waals surface area contributed by atoms with Gasteiger partial charge in [-0.25, -0.2) is 9.78 Å². The Bertz CT molecular complexity index is 379. The summed E-state index contributed by atoms with van der Waals surface area (Å²) in [5, 5.41) is 1.85. The average molecular weight is 290 g/mol. The lowest BCUT2D eigenvalue weighted by Crippen LogP contribution is -2.22. The van der Waals surface area contributed by atoms with Crippen LogP contribution in [0.25, 0.3) is 6.08 Å². The average Bonchev–Trinajstić information content (AvgIpc) is 2.45. The molecule has 0 fully saturated rings. The van der Waals surface area contributed by atoms with Gasteiger partial charge in [-0.1, -0.05) is 0 Å². The van der Waals surface area contributed by atoms with E-state index in [0.29, 0.717) is 0 Å². The van der Waals surface area contributed by atoms with E-state index in [2.05, 4.69) is 20.9 Å². The SMILES string of the molecule is CC(C)(C)OC(=O)/C=C/c1csc(Br)n1. The van der Waals surface area contributed by atoms with Crippen LogP contribution in [0.4, 0.5) is 0 Å². The molecule has 1 rings (SSSR count). The maximum absolute atomic E-state index is 11.3. The number of aromatic nitrogens is 1. The number of esters is 1. The fourth-order valence-corrected chi connectivity index (χ4v) is 1.82. The minimum absolute atomic E-state index is 0.355. The maximum Gasteiger partial charge on any atom is 0.331 e. The van der Waals surface area contributed by atoms with Gasteiger partial charge in [0.2, 0.25) is 0 Å². The maximum atomic E-state index is 11.3. The van der Waals surface area contributed by atoms with Crippen molar-refractivity contribution in [3.05, 3.63) is 21.1 Å². The van der Waals surface area contributed by atoms with Gasteiger partial charge in [0.1, 0.15) is 5.60 Å². The van der Waals surface area contributed by atoms with Gasteiger partial charge in [-0.3, -0.25) is 0 Å². The van der Waals surface area contributed by atoms with E-state index in [4.69, 9.17) is 4.74 Å². The monoisotopic (exact) mass is 289 g/mol. The van der Waals surface area contributed by atoms with E-state index in [-0.39, 0.29) is 5.97 Å². The molecule has 3 nitrogen and oxygen atoms in total. The van der Waals surface area contributed by atoms with Gasteiger partial charge in [0.25, 0.3) is 0 Å².